The van der Waals surface area contributed by atoms with Crippen molar-refractivity contribution in [3.8, 4) is 11.3 Å². The summed E-state index contributed by atoms with van der Waals surface area (Å²) in [5, 5.41) is 1.01. The van der Waals surface area contributed by atoms with E-state index in [1.165, 1.54) is 18.3 Å². The first-order valence-electron chi connectivity index (χ1n) is 4.23. The molecule has 0 bridgehead atoms. The average molecular weight is 242 g/mol. The van der Waals surface area contributed by atoms with E-state index in [-0.39, 0.29) is 5.82 Å². The van der Waals surface area contributed by atoms with Gasteiger partial charge in [-0.2, -0.15) is 0 Å². The van der Waals surface area contributed by atoms with E-state index in [4.69, 9.17) is 23.2 Å². The minimum Gasteiger partial charge on any atom is -0.256 e. The van der Waals surface area contributed by atoms with Crippen molar-refractivity contribution in [2.24, 2.45) is 0 Å². The maximum absolute atomic E-state index is 12.9. The fourth-order valence-electron chi connectivity index (χ4n) is 1.26. The fraction of sp³-hybridized carbons (Fsp3) is 0. The van der Waals surface area contributed by atoms with E-state index in [9.17, 15) is 4.39 Å². The topological polar surface area (TPSA) is 12.9 Å². The second-order valence-corrected chi connectivity index (χ2v) is 3.89. The molecule has 0 aliphatic rings. The summed E-state index contributed by atoms with van der Waals surface area (Å²) in [7, 11) is 0. The molecule has 76 valence electrons. The highest BCUT2D eigenvalue weighted by molar-refractivity contribution is 6.35. The number of halogens is 3. The quantitative estimate of drug-likeness (QED) is 0.730. The van der Waals surface area contributed by atoms with Gasteiger partial charge in [0.1, 0.15) is 5.82 Å². The second-order valence-electron chi connectivity index (χ2n) is 3.02. The number of benzene rings is 1. The summed E-state index contributed by atoms with van der Waals surface area (Å²) in [5.74, 6) is -0.337. The Bertz CT molecular complexity index is 479. The van der Waals surface area contributed by atoms with Gasteiger partial charge in [0, 0.05) is 27.9 Å². The number of hydrogen-bond acceptors (Lipinski definition) is 1. The van der Waals surface area contributed by atoms with Gasteiger partial charge in [-0.25, -0.2) is 4.39 Å². The predicted molar refractivity (Wildman–Crippen MR) is 59.7 cm³/mol. The van der Waals surface area contributed by atoms with Gasteiger partial charge in [-0.15, -0.1) is 0 Å². The maximum Gasteiger partial charge on any atom is 0.126 e. The molecular formula is C11H6Cl2FN. The largest absolute Gasteiger partial charge is 0.256 e. The third kappa shape index (κ3) is 2.46. The molecule has 0 saturated carbocycles. The third-order valence-electron chi connectivity index (χ3n) is 1.88. The molecule has 1 aromatic carbocycles. The molecular weight excluding hydrogens is 236 g/mol. The smallest absolute Gasteiger partial charge is 0.126 e. The van der Waals surface area contributed by atoms with Crippen molar-refractivity contribution < 1.29 is 4.39 Å². The zero-order valence-electron chi connectivity index (χ0n) is 7.55. The van der Waals surface area contributed by atoms with E-state index in [0.29, 0.717) is 21.3 Å². The normalized spacial score (nSPS) is 10.3. The molecule has 0 aliphatic carbocycles. The van der Waals surface area contributed by atoms with E-state index < -0.39 is 0 Å². The van der Waals surface area contributed by atoms with Gasteiger partial charge in [-0.1, -0.05) is 23.2 Å². The predicted octanol–water partition coefficient (Wildman–Crippen LogP) is 4.19. The number of pyridine rings is 1. The van der Waals surface area contributed by atoms with E-state index in [2.05, 4.69) is 4.98 Å². The molecule has 1 nitrogen and oxygen atoms in total. The summed E-state index contributed by atoms with van der Waals surface area (Å²) in [6.45, 7) is 0. The summed E-state index contributed by atoms with van der Waals surface area (Å²) in [6.07, 6.45) is 1.40. The Balaban J connectivity index is 2.54. The third-order valence-corrected chi connectivity index (χ3v) is 2.32. The van der Waals surface area contributed by atoms with Gasteiger partial charge in [0.15, 0.2) is 0 Å². The molecule has 15 heavy (non-hydrogen) atoms. The molecule has 2 aromatic rings. The number of rotatable bonds is 1. The van der Waals surface area contributed by atoms with Crippen LogP contribution in [0.1, 0.15) is 0 Å². The lowest BCUT2D eigenvalue weighted by molar-refractivity contribution is 0.626. The molecule has 0 unspecified atom stereocenters. The van der Waals surface area contributed by atoms with Crippen LogP contribution in [0.3, 0.4) is 0 Å². The zero-order chi connectivity index (χ0) is 10.8. The molecule has 4 heteroatoms. The SMILES string of the molecule is Fc1ccnc(-c2cc(Cl)cc(Cl)c2)c1. The van der Waals surface area contributed by atoms with Crippen LogP contribution in [0.15, 0.2) is 36.5 Å². The molecule has 0 N–H and O–H groups in total. The van der Waals surface area contributed by atoms with Crippen LogP contribution in [-0.4, -0.2) is 4.98 Å². The Morgan fingerprint density at radius 1 is 1.00 bits per heavy atom. The maximum atomic E-state index is 12.9. The van der Waals surface area contributed by atoms with Crippen molar-refractivity contribution in [1.82, 2.24) is 4.98 Å². The molecule has 0 atom stereocenters. The summed E-state index contributed by atoms with van der Waals surface area (Å²) < 4.78 is 12.9. The van der Waals surface area contributed by atoms with Crippen LogP contribution >= 0.6 is 23.2 Å². The molecule has 1 aromatic heterocycles. The highest BCUT2D eigenvalue weighted by atomic mass is 35.5. The molecule has 0 radical (unpaired) electrons. The lowest BCUT2D eigenvalue weighted by Gasteiger charge is -2.02. The summed E-state index contributed by atoms with van der Waals surface area (Å²) in [6, 6.07) is 7.62. The summed E-state index contributed by atoms with van der Waals surface area (Å²) >= 11 is 11.7. The minimum atomic E-state index is -0.337. The highest BCUT2D eigenvalue weighted by Gasteiger charge is 2.03. The second kappa shape index (κ2) is 4.17. The number of aromatic nitrogens is 1. The molecule has 2 rings (SSSR count). The Morgan fingerprint density at radius 2 is 1.67 bits per heavy atom. The lowest BCUT2D eigenvalue weighted by atomic mass is 10.1. The Morgan fingerprint density at radius 3 is 2.27 bits per heavy atom. The average Bonchev–Trinajstić information content (AvgIpc) is 2.16. The van der Waals surface area contributed by atoms with Crippen molar-refractivity contribution in [3.63, 3.8) is 0 Å². The minimum absolute atomic E-state index is 0.337. The van der Waals surface area contributed by atoms with Crippen molar-refractivity contribution >= 4 is 23.2 Å². The Kier molecular flexibility index (Phi) is 2.89. The summed E-state index contributed by atoms with van der Waals surface area (Å²) in [4.78, 5) is 4.03. The lowest BCUT2D eigenvalue weighted by Crippen LogP contribution is -1.85. The van der Waals surface area contributed by atoms with E-state index >= 15 is 0 Å². The van der Waals surface area contributed by atoms with Crippen LogP contribution < -0.4 is 0 Å². The van der Waals surface area contributed by atoms with Crippen molar-refractivity contribution in [2.45, 2.75) is 0 Å². The first-order chi connectivity index (χ1) is 7.15. The van der Waals surface area contributed by atoms with Gasteiger partial charge in [-0.3, -0.25) is 4.98 Å². The van der Waals surface area contributed by atoms with Crippen LogP contribution in [0.4, 0.5) is 4.39 Å². The fourth-order valence-corrected chi connectivity index (χ4v) is 1.79. The van der Waals surface area contributed by atoms with Crippen LogP contribution in [0.25, 0.3) is 11.3 Å². The Labute approximate surface area is 96.5 Å². The molecule has 0 amide bonds. The van der Waals surface area contributed by atoms with Crippen molar-refractivity contribution in [3.05, 3.63) is 52.4 Å². The standard InChI is InChI=1S/C11H6Cl2FN/c12-8-3-7(4-9(13)5-8)11-6-10(14)1-2-15-11/h1-6H. The van der Waals surface area contributed by atoms with Crippen LogP contribution in [0.5, 0.6) is 0 Å². The Hall–Kier alpha value is -1.12. The molecule has 0 fully saturated rings. The molecule has 1 heterocycles. The van der Waals surface area contributed by atoms with Crippen LogP contribution in [-0.2, 0) is 0 Å². The summed E-state index contributed by atoms with van der Waals surface area (Å²) in [5.41, 5.74) is 1.21. The van der Waals surface area contributed by atoms with E-state index in [0.717, 1.165) is 0 Å². The van der Waals surface area contributed by atoms with Crippen molar-refractivity contribution in [1.29, 1.82) is 0 Å². The molecule has 0 aliphatic heterocycles. The molecule has 0 spiro atoms. The van der Waals surface area contributed by atoms with E-state index in [1.54, 1.807) is 18.2 Å². The van der Waals surface area contributed by atoms with Gasteiger partial charge in [0.25, 0.3) is 0 Å². The monoisotopic (exact) mass is 241 g/mol. The first kappa shape index (κ1) is 10.4. The van der Waals surface area contributed by atoms with Crippen LogP contribution in [0, 0.1) is 5.82 Å². The highest BCUT2D eigenvalue weighted by Crippen LogP contribution is 2.25. The number of nitrogens with zero attached hydrogens (tertiary/aromatic N) is 1. The zero-order valence-corrected chi connectivity index (χ0v) is 9.06. The van der Waals surface area contributed by atoms with Gasteiger partial charge in [0.05, 0.1) is 5.69 Å². The van der Waals surface area contributed by atoms with E-state index in [1.807, 2.05) is 0 Å². The van der Waals surface area contributed by atoms with Gasteiger partial charge in [-0.05, 0) is 24.3 Å². The molecule has 0 saturated heterocycles. The van der Waals surface area contributed by atoms with Crippen molar-refractivity contribution in [2.75, 3.05) is 0 Å². The number of hydrogen-bond donors (Lipinski definition) is 0. The van der Waals surface area contributed by atoms with Gasteiger partial charge < -0.3 is 0 Å². The van der Waals surface area contributed by atoms with Gasteiger partial charge >= 0.3 is 0 Å². The first-order valence-corrected chi connectivity index (χ1v) is 4.99. The van der Waals surface area contributed by atoms with Gasteiger partial charge in [0.2, 0.25) is 0 Å². The van der Waals surface area contributed by atoms with Crippen LogP contribution in [0.2, 0.25) is 10.0 Å².